The molecule has 0 bridgehead atoms. The molecule has 29 heavy (non-hydrogen) atoms. The van der Waals surface area contributed by atoms with Crippen LogP contribution in [0.5, 0.6) is 0 Å². The number of nitrogens with one attached hydrogen (secondary N) is 2. The lowest BCUT2D eigenvalue weighted by Crippen LogP contribution is -2.34. The van der Waals surface area contributed by atoms with Gasteiger partial charge in [-0.1, -0.05) is 0 Å². The van der Waals surface area contributed by atoms with Crippen LogP contribution in [0, 0.1) is 0 Å². The fourth-order valence-electron chi connectivity index (χ4n) is 3.79. The highest BCUT2D eigenvalue weighted by Gasteiger charge is 2.26. The van der Waals surface area contributed by atoms with E-state index in [-0.39, 0.29) is 11.9 Å². The number of rotatable bonds is 3. The van der Waals surface area contributed by atoms with Gasteiger partial charge >= 0.3 is 6.03 Å². The lowest BCUT2D eigenvalue weighted by atomic mass is 9.98. The quantitative estimate of drug-likeness (QED) is 0.696. The Balaban J connectivity index is 1.35. The van der Waals surface area contributed by atoms with E-state index in [4.69, 9.17) is 0 Å². The molecule has 1 aromatic carbocycles. The van der Waals surface area contributed by atoms with Crippen molar-refractivity contribution in [1.29, 1.82) is 0 Å². The Hall–Kier alpha value is -3.33. The SMILES string of the molecule is CN1CCc2cc(N3CCn4nc(NC(=O)Nc5ccsc5)cc43)ccc2C1=O. The molecule has 3 aromatic rings. The zero-order chi connectivity index (χ0) is 20.0. The summed E-state index contributed by atoms with van der Waals surface area (Å²) in [7, 11) is 1.83. The largest absolute Gasteiger partial charge is 0.341 e. The lowest BCUT2D eigenvalue weighted by molar-refractivity contribution is 0.0781. The third-order valence-electron chi connectivity index (χ3n) is 5.29. The molecule has 9 heteroatoms. The van der Waals surface area contributed by atoms with E-state index in [0.29, 0.717) is 5.82 Å². The van der Waals surface area contributed by atoms with Crippen LogP contribution in [0.1, 0.15) is 15.9 Å². The first-order valence-electron chi connectivity index (χ1n) is 9.42. The first-order chi connectivity index (χ1) is 14.1. The van der Waals surface area contributed by atoms with Gasteiger partial charge in [0.15, 0.2) is 5.82 Å². The standard InChI is InChI=1S/C20H20N6O2S/c1-24-6-4-13-10-15(2-3-16(13)19(24)27)25-7-8-26-18(25)11-17(23-26)22-20(28)21-14-5-9-29-12-14/h2-3,5,9-12H,4,6-8H2,1H3,(H2,21,22,23,28). The highest BCUT2D eigenvalue weighted by Crippen LogP contribution is 2.34. The Morgan fingerprint density at radius 3 is 2.86 bits per heavy atom. The van der Waals surface area contributed by atoms with Crippen molar-refractivity contribution in [2.24, 2.45) is 0 Å². The first kappa shape index (κ1) is 17.7. The van der Waals surface area contributed by atoms with Gasteiger partial charge < -0.3 is 15.1 Å². The van der Waals surface area contributed by atoms with Crippen molar-refractivity contribution in [1.82, 2.24) is 14.7 Å². The highest BCUT2D eigenvalue weighted by atomic mass is 32.1. The van der Waals surface area contributed by atoms with Crippen molar-refractivity contribution < 1.29 is 9.59 Å². The van der Waals surface area contributed by atoms with Crippen molar-refractivity contribution in [3.05, 3.63) is 52.2 Å². The summed E-state index contributed by atoms with van der Waals surface area (Å²) < 4.78 is 1.89. The summed E-state index contributed by atoms with van der Waals surface area (Å²) in [6, 6.07) is 9.39. The Bertz CT molecular complexity index is 1090. The maximum absolute atomic E-state index is 12.3. The van der Waals surface area contributed by atoms with Gasteiger partial charge in [0.25, 0.3) is 5.91 Å². The van der Waals surface area contributed by atoms with Crippen LogP contribution in [0.15, 0.2) is 41.1 Å². The lowest BCUT2D eigenvalue weighted by Gasteiger charge is -2.26. The van der Waals surface area contributed by atoms with Crippen molar-refractivity contribution >= 4 is 46.3 Å². The summed E-state index contributed by atoms with van der Waals surface area (Å²) in [6.07, 6.45) is 0.855. The van der Waals surface area contributed by atoms with Crippen LogP contribution in [-0.2, 0) is 13.0 Å². The fraction of sp³-hybridized carbons (Fsp3) is 0.250. The van der Waals surface area contributed by atoms with Crippen LogP contribution < -0.4 is 15.5 Å². The Morgan fingerprint density at radius 1 is 1.14 bits per heavy atom. The topological polar surface area (TPSA) is 82.5 Å². The number of benzene rings is 1. The van der Waals surface area contributed by atoms with E-state index in [0.717, 1.165) is 54.4 Å². The Morgan fingerprint density at radius 2 is 2.03 bits per heavy atom. The second-order valence-corrected chi connectivity index (χ2v) is 7.95. The third-order valence-corrected chi connectivity index (χ3v) is 5.97. The van der Waals surface area contributed by atoms with E-state index in [9.17, 15) is 9.59 Å². The monoisotopic (exact) mass is 408 g/mol. The molecule has 2 N–H and O–H groups in total. The van der Waals surface area contributed by atoms with E-state index >= 15 is 0 Å². The van der Waals surface area contributed by atoms with Crippen LogP contribution in [0.4, 0.5) is 27.8 Å². The molecule has 0 radical (unpaired) electrons. The molecule has 0 aliphatic carbocycles. The number of aromatic nitrogens is 2. The van der Waals surface area contributed by atoms with Gasteiger partial charge in [-0.3, -0.25) is 10.1 Å². The molecule has 4 heterocycles. The molecule has 5 rings (SSSR count). The summed E-state index contributed by atoms with van der Waals surface area (Å²) >= 11 is 1.52. The fourth-order valence-corrected chi connectivity index (χ4v) is 4.38. The minimum atomic E-state index is -0.317. The maximum Gasteiger partial charge on any atom is 0.324 e. The smallest absolute Gasteiger partial charge is 0.324 e. The molecule has 0 spiro atoms. The zero-order valence-electron chi connectivity index (χ0n) is 15.9. The molecule has 2 aliphatic rings. The second-order valence-electron chi connectivity index (χ2n) is 7.17. The maximum atomic E-state index is 12.3. The van der Waals surface area contributed by atoms with Crippen molar-refractivity contribution in [2.75, 3.05) is 35.7 Å². The molecule has 148 valence electrons. The first-order valence-corrected chi connectivity index (χ1v) is 10.4. The minimum Gasteiger partial charge on any atom is -0.341 e. The van der Waals surface area contributed by atoms with Gasteiger partial charge in [0.1, 0.15) is 5.82 Å². The van der Waals surface area contributed by atoms with E-state index in [1.807, 2.05) is 46.8 Å². The van der Waals surface area contributed by atoms with Crippen LogP contribution in [0.2, 0.25) is 0 Å². The van der Waals surface area contributed by atoms with Crippen molar-refractivity contribution in [3.63, 3.8) is 0 Å². The van der Waals surface area contributed by atoms with E-state index < -0.39 is 0 Å². The van der Waals surface area contributed by atoms with Crippen LogP contribution >= 0.6 is 11.3 Å². The van der Waals surface area contributed by atoms with E-state index in [1.54, 1.807) is 4.90 Å². The molecule has 0 unspecified atom stereocenters. The number of likely N-dealkylation sites (N-methyl/N-ethyl adjacent to an activating group) is 1. The summed E-state index contributed by atoms with van der Waals surface area (Å²) in [6.45, 7) is 2.28. The number of nitrogens with zero attached hydrogens (tertiary/aromatic N) is 4. The molecule has 3 amide bonds. The van der Waals surface area contributed by atoms with Crippen molar-refractivity contribution in [3.8, 4) is 0 Å². The van der Waals surface area contributed by atoms with Gasteiger partial charge in [0, 0.05) is 42.8 Å². The third kappa shape index (κ3) is 3.23. The molecule has 0 saturated heterocycles. The second kappa shape index (κ2) is 6.93. The van der Waals surface area contributed by atoms with Crippen molar-refractivity contribution in [2.45, 2.75) is 13.0 Å². The molecular weight excluding hydrogens is 388 g/mol. The van der Waals surface area contributed by atoms with Gasteiger partial charge in [-0.2, -0.15) is 16.4 Å². The number of carbonyl (C=O) groups is 2. The molecule has 0 fully saturated rings. The number of hydrogen-bond donors (Lipinski definition) is 2. The Kier molecular flexibility index (Phi) is 4.24. The number of fused-ring (bicyclic) bond motifs is 2. The number of thiophene rings is 1. The Labute approximate surface area is 171 Å². The minimum absolute atomic E-state index is 0.0763. The zero-order valence-corrected chi connectivity index (χ0v) is 16.7. The predicted octanol–water partition coefficient (Wildman–Crippen LogP) is 3.37. The van der Waals surface area contributed by atoms with Gasteiger partial charge in [0.05, 0.1) is 12.2 Å². The molecule has 8 nitrogen and oxygen atoms in total. The molecular formula is C20H20N6O2S. The van der Waals surface area contributed by atoms with Gasteiger partial charge in [-0.05, 0) is 41.6 Å². The average molecular weight is 408 g/mol. The van der Waals surface area contributed by atoms with Crippen LogP contribution in [0.3, 0.4) is 0 Å². The predicted molar refractivity (Wildman–Crippen MR) is 113 cm³/mol. The normalized spacial score (nSPS) is 15.3. The van der Waals surface area contributed by atoms with Gasteiger partial charge in [0.2, 0.25) is 0 Å². The van der Waals surface area contributed by atoms with Gasteiger partial charge in [-0.25, -0.2) is 9.48 Å². The summed E-state index contributed by atoms with van der Waals surface area (Å²) in [5.41, 5.74) is 3.66. The number of hydrogen-bond acceptors (Lipinski definition) is 5. The average Bonchev–Trinajstić information content (AvgIpc) is 3.42. The summed E-state index contributed by atoms with van der Waals surface area (Å²) in [5.74, 6) is 1.51. The molecule has 2 aromatic heterocycles. The van der Waals surface area contributed by atoms with Crippen LogP contribution in [-0.4, -0.2) is 46.8 Å². The molecule has 0 saturated carbocycles. The number of anilines is 4. The number of urea groups is 1. The summed E-state index contributed by atoms with van der Waals surface area (Å²) in [5, 5.41) is 13.8. The number of amides is 3. The number of carbonyl (C=O) groups excluding carboxylic acids is 2. The van der Waals surface area contributed by atoms with Gasteiger partial charge in [-0.15, -0.1) is 0 Å². The summed E-state index contributed by atoms with van der Waals surface area (Å²) in [4.78, 5) is 28.4. The molecule has 2 aliphatic heterocycles. The van der Waals surface area contributed by atoms with Crippen LogP contribution in [0.25, 0.3) is 0 Å². The molecule has 0 atom stereocenters. The van der Waals surface area contributed by atoms with E-state index in [1.165, 1.54) is 11.3 Å². The highest BCUT2D eigenvalue weighted by molar-refractivity contribution is 7.08. The van der Waals surface area contributed by atoms with E-state index in [2.05, 4.69) is 26.7 Å².